The van der Waals surface area contributed by atoms with E-state index in [0.717, 1.165) is 22.5 Å². The largest absolute Gasteiger partial charge is 0.338 e. The lowest BCUT2D eigenvalue weighted by Gasteiger charge is -2.02. The third kappa shape index (κ3) is 3.33. The molecular formula is C21H13N7O4. The number of para-hydroxylation sites is 1. The van der Waals surface area contributed by atoms with Crippen LogP contribution in [0.4, 0.5) is 17.1 Å². The van der Waals surface area contributed by atoms with Crippen molar-refractivity contribution in [3.05, 3.63) is 86.5 Å². The summed E-state index contributed by atoms with van der Waals surface area (Å²) in [5, 5.41) is 27.1. The predicted octanol–water partition coefficient (Wildman–Crippen LogP) is 4.53. The Morgan fingerprint density at radius 2 is 1.78 bits per heavy atom. The van der Waals surface area contributed by atoms with E-state index in [-0.39, 0.29) is 11.4 Å². The number of hydrogen-bond acceptors (Lipinski definition) is 8. The first-order valence-corrected chi connectivity index (χ1v) is 9.40. The van der Waals surface area contributed by atoms with Gasteiger partial charge in [-0.2, -0.15) is 5.10 Å². The van der Waals surface area contributed by atoms with Crippen LogP contribution in [0, 0.1) is 20.2 Å². The van der Waals surface area contributed by atoms with Gasteiger partial charge in [-0.15, -0.1) is 0 Å². The van der Waals surface area contributed by atoms with Gasteiger partial charge in [-0.3, -0.25) is 25.7 Å². The molecule has 0 aliphatic carbocycles. The minimum Gasteiger partial charge on any atom is -0.338 e. The summed E-state index contributed by atoms with van der Waals surface area (Å²) in [6.07, 6.45) is 1.48. The van der Waals surface area contributed by atoms with E-state index >= 15 is 0 Å². The summed E-state index contributed by atoms with van der Waals surface area (Å²) in [6, 6.07) is 16.5. The third-order valence-electron chi connectivity index (χ3n) is 4.91. The number of nitrogens with zero attached hydrogens (tertiary/aromatic N) is 5. The summed E-state index contributed by atoms with van der Waals surface area (Å²) in [7, 11) is 0. The maximum absolute atomic E-state index is 11.2. The van der Waals surface area contributed by atoms with Crippen LogP contribution < -0.4 is 5.43 Å². The van der Waals surface area contributed by atoms with Gasteiger partial charge in [-0.1, -0.05) is 24.3 Å². The topological polar surface area (TPSA) is 152 Å². The van der Waals surface area contributed by atoms with Crippen LogP contribution in [0.3, 0.4) is 0 Å². The number of non-ortho nitro benzene ring substituents is 1. The zero-order valence-electron chi connectivity index (χ0n) is 16.2. The van der Waals surface area contributed by atoms with Gasteiger partial charge < -0.3 is 4.98 Å². The summed E-state index contributed by atoms with van der Waals surface area (Å²) >= 11 is 0. The molecule has 11 nitrogen and oxygen atoms in total. The lowest BCUT2D eigenvalue weighted by molar-refractivity contribution is -0.393. The van der Waals surface area contributed by atoms with Gasteiger partial charge in [-0.05, 0) is 29.8 Å². The first-order chi connectivity index (χ1) is 15.5. The molecule has 5 rings (SSSR count). The van der Waals surface area contributed by atoms with Gasteiger partial charge in [0.25, 0.3) is 5.69 Å². The normalized spacial score (nSPS) is 11.5. The molecule has 156 valence electrons. The molecule has 0 atom stereocenters. The fourth-order valence-corrected chi connectivity index (χ4v) is 3.41. The second-order valence-electron chi connectivity index (χ2n) is 6.93. The molecule has 5 aromatic rings. The number of benzene rings is 3. The zero-order chi connectivity index (χ0) is 22.2. The molecule has 0 aliphatic heterocycles. The van der Waals surface area contributed by atoms with Gasteiger partial charge in [0.1, 0.15) is 11.2 Å². The van der Waals surface area contributed by atoms with E-state index < -0.39 is 15.5 Å². The molecule has 2 aromatic heterocycles. The van der Waals surface area contributed by atoms with Gasteiger partial charge in [0.05, 0.1) is 33.2 Å². The van der Waals surface area contributed by atoms with Crippen LogP contribution in [0.25, 0.3) is 33.1 Å². The van der Waals surface area contributed by atoms with Gasteiger partial charge in [-0.25, -0.2) is 9.97 Å². The number of H-pyrrole nitrogens is 1. The van der Waals surface area contributed by atoms with E-state index in [1.165, 1.54) is 18.3 Å². The van der Waals surface area contributed by atoms with Crippen LogP contribution in [0.2, 0.25) is 0 Å². The van der Waals surface area contributed by atoms with Crippen molar-refractivity contribution in [2.24, 2.45) is 5.10 Å². The van der Waals surface area contributed by atoms with Crippen LogP contribution in [0.15, 0.2) is 65.8 Å². The first kappa shape index (κ1) is 19.1. The van der Waals surface area contributed by atoms with Gasteiger partial charge in [0.2, 0.25) is 0 Å². The Bertz CT molecular complexity index is 1580. The lowest BCUT2D eigenvalue weighted by Crippen LogP contribution is -1.98. The third-order valence-corrected chi connectivity index (χ3v) is 4.91. The van der Waals surface area contributed by atoms with E-state index in [0.29, 0.717) is 22.2 Å². The molecule has 0 saturated heterocycles. The maximum Gasteiger partial charge on any atom is 0.301 e. The summed E-state index contributed by atoms with van der Waals surface area (Å²) in [6.45, 7) is 0. The van der Waals surface area contributed by atoms with Crippen molar-refractivity contribution in [1.82, 2.24) is 15.0 Å². The second kappa shape index (κ2) is 7.40. The summed E-state index contributed by atoms with van der Waals surface area (Å²) in [4.78, 5) is 33.3. The Kier molecular flexibility index (Phi) is 4.40. The summed E-state index contributed by atoms with van der Waals surface area (Å²) < 4.78 is 0. The van der Waals surface area contributed by atoms with Crippen molar-refractivity contribution >= 4 is 56.4 Å². The second-order valence-corrected chi connectivity index (χ2v) is 6.93. The fourth-order valence-electron chi connectivity index (χ4n) is 3.41. The number of hydrazone groups is 1. The van der Waals surface area contributed by atoms with Gasteiger partial charge in [0, 0.05) is 17.0 Å². The highest BCUT2D eigenvalue weighted by molar-refractivity contribution is 6.05. The highest BCUT2D eigenvalue weighted by atomic mass is 16.6. The van der Waals surface area contributed by atoms with Crippen LogP contribution in [0.5, 0.6) is 0 Å². The van der Waals surface area contributed by atoms with Gasteiger partial charge >= 0.3 is 5.69 Å². The number of rotatable bonds is 5. The van der Waals surface area contributed by atoms with E-state index in [2.05, 4.69) is 20.5 Å². The molecule has 3 aromatic carbocycles. The molecule has 2 heterocycles. The molecule has 0 radical (unpaired) electrons. The number of nitro groups is 2. The Balaban J connectivity index is 1.46. The minimum absolute atomic E-state index is 0.0398. The number of hydrogen-bond donors (Lipinski definition) is 2. The number of fused-ring (bicyclic) bond motifs is 4. The molecule has 0 saturated carbocycles. The SMILES string of the molecule is O=[N+]([O-])c1ccc(N/N=C/c2ccc3nc4[nH]c5ccccc5c4nc3c2)c([N+](=O)[O-])c1. The smallest absolute Gasteiger partial charge is 0.301 e. The minimum atomic E-state index is -0.705. The average Bonchev–Trinajstić information content (AvgIpc) is 3.14. The number of anilines is 1. The summed E-state index contributed by atoms with van der Waals surface area (Å²) in [5.74, 6) is 0. The molecule has 11 heteroatoms. The molecule has 0 amide bonds. The molecular weight excluding hydrogens is 414 g/mol. The van der Waals surface area contributed by atoms with Crippen molar-refractivity contribution in [2.75, 3.05) is 5.43 Å². The quantitative estimate of drug-likeness (QED) is 0.237. The van der Waals surface area contributed by atoms with Crippen molar-refractivity contribution < 1.29 is 9.85 Å². The van der Waals surface area contributed by atoms with E-state index in [4.69, 9.17) is 4.98 Å². The monoisotopic (exact) mass is 427 g/mol. The number of aromatic amines is 1. The number of nitro benzene ring substituents is 2. The molecule has 0 bridgehead atoms. The van der Waals surface area contributed by atoms with Crippen LogP contribution in [-0.4, -0.2) is 31.0 Å². The summed E-state index contributed by atoms with van der Waals surface area (Å²) in [5.41, 5.74) is 6.29. The highest BCUT2D eigenvalue weighted by Crippen LogP contribution is 2.29. The van der Waals surface area contributed by atoms with Gasteiger partial charge in [0.15, 0.2) is 5.65 Å². The Morgan fingerprint density at radius 3 is 2.59 bits per heavy atom. The Hall–Kier alpha value is -4.93. The molecule has 0 spiro atoms. The molecule has 0 fully saturated rings. The van der Waals surface area contributed by atoms with E-state index in [9.17, 15) is 20.2 Å². The number of aromatic nitrogens is 3. The average molecular weight is 427 g/mol. The molecule has 32 heavy (non-hydrogen) atoms. The van der Waals surface area contributed by atoms with Crippen molar-refractivity contribution in [3.63, 3.8) is 0 Å². The predicted molar refractivity (Wildman–Crippen MR) is 120 cm³/mol. The highest BCUT2D eigenvalue weighted by Gasteiger charge is 2.19. The van der Waals surface area contributed by atoms with E-state index in [1.807, 2.05) is 30.3 Å². The maximum atomic E-state index is 11.2. The zero-order valence-corrected chi connectivity index (χ0v) is 16.2. The van der Waals surface area contributed by atoms with Crippen LogP contribution in [0.1, 0.15) is 5.56 Å². The van der Waals surface area contributed by atoms with E-state index in [1.54, 1.807) is 12.1 Å². The van der Waals surface area contributed by atoms with Crippen molar-refractivity contribution in [2.45, 2.75) is 0 Å². The lowest BCUT2D eigenvalue weighted by atomic mass is 10.2. The molecule has 2 N–H and O–H groups in total. The Labute approximate surface area is 178 Å². The fraction of sp³-hybridized carbons (Fsp3) is 0. The van der Waals surface area contributed by atoms with Crippen LogP contribution in [-0.2, 0) is 0 Å². The molecule has 0 unspecified atom stereocenters. The van der Waals surface area contributed by atoms with Crippen molar-refractivity contribution in [3.8, 4) is 0 Å². The first-order valence-electron chi connectivity index (χ1n) is 9.40. The Morgan fingerprint density at radius 1 is 0.938 bits per heavy atom. The number of nitrogens with one attached hydrogen (secondary N) is 2. The van der Waals surface area contributed by atoms with Crippen molar-refractivity contribution in [1.29, 1.82) is 0 Å². The van der Waals surface area contributed by atoms with Crippen LogP contribution >= 0.6 is 0 Å². The standard InChI is InChI=1S/C21H13N7O4/c29-27(30)13-6-8-17(19(10-13)28(31)32)26-22-11-12-5-7-16-18(9-12)23-20-14-3-1-2-4-15(14)24-21(20)25-16/h1-11,26H,(H,24,25)/b22-11+. The molecule has 0 aliphatic rings.